The van der Waals surface area contributed by atoms with E-state index in [9.17, 15) is 9.59 Å². The first-order valence-corrected chi connectivity index (χ1v) is 16.3. The molecule has 1 aliphatic carbocycles. The van der Waals surface area contributed by atoms with Gasteiger partial charge in [0, 0.05) is 68.4 Å². The van der Waals surface area contributed by atoms with Gasteiger partial charge in [-0.05, 0) is 81.0 Å². The number of benzene rings is 1. The lowest BCUT2D eigenvalue weighted by Gasteiger charge is -2.52. The Labute approximate surface area is 251 Å². The lowest BCUT2D eigenvalue weighted by atomic mass is 9.58. The number of aromatic nitrogens is 2. The molecule has 2 N–H and O–H groups in total. The highest BCUT2D eigenvalue weighted by Crippen LogP contribution is 2.48. The molecule has 3 heterocycles. The third kappa shape index (κ3) is 6.10. The lowest BCUT2D eigenvalue weighted by molar-refractivity contribution is -0.137. The number of piperidine rings is 1. The molecular formula is C34H51N5O3. The van der Waals surface area contributed by atoms with E-state index in [0.29, 0.717) is 18.2 Å². The van der Waals surface area contributed by atoms with E-state index in [1.807, 2.05) is 25.5 Å². The van der Waals surface area contributed by atoms with Crippen molar-refractivity contribution in [3.8, 4) is 11.1 Å². The standard InChI is InChI=1S/C34H51N5O3/c1-6-39(28-12-16-42-17-13-28)31-19-26(27-20-36-38(5)22-27)18-29(23(31)2)32(40)35-21-30-24(3)34(25(4)37-33(30)41)14-10-8-7-9-11-15-34/h18-20,22,24-25,28,30H,6-17,21H2,1-5H3,(H,35,40)(H,37,41). The fourth-order valence-corrected chi connectivity index (χ4v) is 8.10. The van der Waals surface area contributed by atoms with Crippen LogP contribution in [0.1, 0.15) is 94.5 Å². The molecule has 0 bridgehead atoms. The van der Waals surface area contributed by atoms with Crippen LogP contribution in [0, 0.1) is 24.2 Å². The molecule has 1 aromatic carbocycles. The quantitative estimate of drug-likeness (QED) is 0.445. The van der Waals surface area contributed by atoms with Crippen molar-refractivity contribution in [2.45, 2.75) is 97.6 Å². The number of carbonyl (C=O) groups excluding carboxylic acids is 2. The van der Waals surface area contributed by atoms with E-state index in [2.05, 4.69) is 54.4 Å². The van der Waals surface area contributed by atoms with Crippen LogP contribution in [0.15, 0.2) is 24.5 Å². The van der Waals surface area contributed by atoms with Crippen molar-refractivity contribution >= 4 is 17.5 Å². The lowest BCUT2D eigenvalue weighted by Crippen LogP contribution is -2.61. The fraction of sp³-hybridized carbons (Fsp3) is 0.676. The van der Waals surface area contributed by atoms with E-state index < -0.39 is 0 Å². The van der Waals surface area contributed by atoms with E-state index >= 15 is 0 Å². The van der Waals surface area contributed by atoms with Crippen molar-refractivity contribution in [3.05, 3.63) is 35.7 Å². The molecule has 1 aromatic heterocycles. The predicted molar refractivity (Wildman–Crippen MR) is 168 cm³/mol. The second-order valence-electron chi connectivity index (χ2n) is 13.0. The maximum atomic E-state index is 14.0. The van der Waals surface area contributed by atoms with Crippen LogP contribution in [-0.2, 0) is 16.6 Å². The second kappa shape index (κ2) is 13.2. The minimum absolute atomic E-state index is 0.0705. The Morgan fingerprint density at radius 3 is 2.45 bits per heavy atom. The summed E-state index contributed by atoms with van der Waals surface area (Å²) in [6.45, 7) is 11.4. The fourth-order valence-electron chi connectivity index (χ4n) is 8.10. The summed E-state index contributed by atoms with van der Waals surface area (Å²) in [7, 11) is 1.91. The van der Waals surface area contributed by atoms with Gasteiger partial charge < -0.3 is 20.3 Å². The number of hydrogen-bond donors (Lipinski definition) is 2. The van der Waals surface area contributed by atoms with Gasteiger partial charge >= 0.3 is 0 Å². The van der Waals surface area contributed by atoms with Crippen molar-refractivity contribution in [3.63, 3.8) is 0 Å². The summed E-state index contributed by atoms with van der Waals surface area (Å²) in [6.07, 6.45) is 14.4. The van der Waals surface area contributed by atoms with E-state index in [-0.39, 0.29) is 35.1 Å². The first-order valence-electron chi connectivity index (χ1n) is 16.3. The monoisotopic (exact) mass is 577 g/mol. The van der Waals surface area contributed by atoms with Crippen molar-refractivity contribution in [2.75, 3.05) is 31.2 Å². The van der Waals surface area contributed by atoms with Crippen LogP contribution in [0.5, 0.6) is 0 Å². The van der Waals surface area contributed by atoms with E-state index in [4.69, 9.17) is 4.74 Å². The van der Waals surface area contributed by atoms with Gasteiger partial charge in [-0.1, -0.05) is 39.0 Å². The Balaban J connectivity index is 1.42. The van der Waals surface area contributed by atoms with Gasteiger partial charge in [-0.3, -0.25) is 14.3 Å². The zero-order valence-corrected chi connectivity index (χ0v) is 26.4. The molecule has 1 spiro atoms. The predicted octanol–water partition coefficient (Wildman–Crippen LogP) is 5.63. The van der Waals surface area contributed by atoms with E-state index in [1.165, 1.54) is 32.1 Å². The summed E-state index contributed by atoms with van der Waals surface area (Å²) in [5.41, 5.74) is 4.77. The first kappa shape index (κ1) is 30.6. The van der Waals surface area contributed by atoms with Crippen molar-refractivity contribution in [2.24, 2.45) is 24.3 Å². The zero-order chi connectivity index (χ0) is 29.9. The highest BCUT2D eigenvalue weighted by molar-refractivity contribution is 5.99. The molecule has 8 nitrogen and oxygen atoms in total. The number of anilines is 1. The molecule has 3 fully saturated rings. The minimum atomic E-state index is -0.236. The number of nitrogens with one attached hydrogen (secondary N) is 2. The second-order valence-corrected chi connectivity index (χ2v) is 13.0. The largest absolute Gasteiger partial charge is 0.381 e. The first-order chi connectivity index (χ1) is 20.2. The molecule has 42 heavy (non-hydrogen) atoms. The Morgan fingerprint density at radius 2 is 1.81 bits per heavy atom. The molecule has 0 radical (unpaired) electrons. The molecule has 2 amide bonds. The van der Waals surface area contributed by atoms with Crippen molar-refractivity contribution in [1.82, 2.24) is 20.4 Å². The number of carbonyl (C=O) groups is 2. The van der Waals surface area contributed by atoms with Gasteiger partial charge in [0.05, 0.1) is 12.1 Å². The third-order valence-electron chi connectivity index (χ3n) is 10.8. The maximum Gasteiger partial charge on any atom is 0.251 e. The van der Waals surface area contributed by atoms with E-state index in [1.54, 1.807) is 4.68 Å². The molecule has 8 heteroatoms. The molecule has 2 aromatic rings. The number of ether oxygens (including phenoxy) is 1. The van der Waals surface area contributed by atoms with Gasteiger partial charge in [-0.25, -0.2) is 0 Å². The molecule has 3 unspecified atom stereocenters. The maximum absolute atomic E-state index is 14.0. The molecule has 1 saturated carbocycles. The summed E-state index contributed by atoms with van der Waals surface area (Å²) in [6, 6.07) is 4.73. The van der Waals surface area contributed by atoms with Crippen molar-refractivity contribution < 1.29 is 14.3 Å². The van der Waals surface area contributed by atoms with Crippen LogP contribution in [-0.4, -0.2) is 60.0 Å². The Hall–Kier alpha value is -2.87. The van der Waals surface area contributed by atoms with Gasteiger partial charge in [0.1, 0.15) is 0 Å². The van der Waals surface area contributed by atoms with Gasteiger partial charge in [0.2, 0.25) is 5.91 Å². The third-order valence-corrected chi connectivity index (χ3v) is 10.8. The number of aryl methyl sites for hydroxylation is 1. The highest BCUT2D eigenvalue weighted by atomic mass is 16.5. The Bertz CT molecular complexity index is 1240. The summed E-state index contributed by atoms with van der Waals surface area (Å²) in [5, 5.41) is 10.9. The van der Waals surface area contributed by atoms with Crippen LogP contribution >= 0.6 is 0 Å². The average molecular weight is 578 g/mol. The number of amides is 2. The van der Waals surface area contributed by atoms with Crippen LogP contribution in [0.2, 0.25) is 0 Å². The number of nitrogens with zero attached hydrogens (tertiary/aromatic N) is 3. The van der Waals surface area contributed by atoms with Gasteiger partial charge in [-0.15, -0.1) is 0 Å². The summed E-state index contributed by atoms with van der Waals surface area (Å²) < 4.78 is 7.44. The van der Waals surface area contributed by atoms with Gasteiger partial charge in [0.15, 0.2) is 0 Å². The smallest absolute Gasteiger partial charge is 0.251 e. The number of hydrogen-bond acceptors (Lipinski definition) is 5. The molecule has 3 atom stereocenters. The molecule has 5 rings (SSSR count). The van der Waals surface area contributed by atoms with Gasteiger partial charge in [-0.2, -0.15) is 5.10 Å². The Morgan fingerprint density at radius 1 is 1.12 bits per heavy atom. The molecule has 2 aliphatic heterocycles. The Kier molecular flexibility index (Phi) is 9.60. The van der Waals surface area contributed by atoms with Crippen LogP contribution in [0.25, 0.3) is 11.1 Å². The van der Waals surface area contributed by atoms with Gasteiger partial charge in [0.25, 0.3) is 5.91 Å². The van der Waals surface area contributed by atoms with Crippen LogP contribution in [0.4, 0.5) is 5.69 Å². The molecule has 2 saturated heterocycles. The summed E-state index contributed by atoms with van der Waals surface area (Å²) in [5.74, 6) is -0.0728. The highest BCUT2D eigenvalue weighted by Gasteiger charge is 2.50. The topological polar surface area (TPSA) is 88.5 Å². The van der Waals surface area contributed by atoms with E-state index in [0.717, 1.165) is 67.8 Å². The summed E-state index contributed by atoms with van der Waals surface area (Å²) in [4.78, 5) is 29.7. The number of rotatable bonds is 7. The molecular weight excluding hydrogens is 526 g/mol. The SMILES string of the molecule is CCN(c1cc(-c2cnn(C)c2)cc(C(=O)NCC2C(=O)NC(C)C3(CCCCCCC3)C2C)c1C)C1CCOCC1. The van der Waals surface area contributed by atoms with Crippen LogP contribution in [0.3, 0.4) is 0 Å². The average Bonchev–Trinajstić information content (AvgIpc) is 3.40. The van der Waals surface area contributed by atoms with Crippen molar-refractivity contribution in [1.29, 1.82) is 0 Å². The van der Waals surface area contributed by atoms with Crippen LogP contribution < -0.4 is 15.5 Å². The summed E-state index contributed by atoms with van der Waals surface area (Å²) >= 11 is 0. The molecule has 230 valence electrons. The normalized spacial score (nSPS) is 25.0. The minimum Gasteiger partial charge on any atom is -0.381 e. The zero-order valence-electron chi connectivity index (χ0n) is 26.4. The molecule has 3 aliphatic rings.